The van der Waals surface area contributed by atoms with Gasteiger partial charge in [0.1, 0.15) is 6.26 Å². The summed E-state index contributed by atoms with van der Waals surface area (Å²) in [6.45, 7) is 0. The van der Waals surface area contributed by atoms with Crippen molar-refractivity contribution in [1.82, 2.24) is 0 Å². The van der Waals surface area contributed by atoms with E-state index in [1.807, 2.05) is 54.7 Å². The van der Waals surface area contributed by atoms with Gasteiger partial charge in [-0.25, -0.2) is 0 Å². The first-order valence-corrected chi connectivity index (χ1v) is 5.47. The van der Waals surface area contributed by atoms with Crippen LogP contribution in [0.1, 0.15) is 5.56 Å². The summed E-state index contributed by atoms with van der Waals surface area (Å²) in [5.41, 5.74) is 2.02. The number of furan rings is 1. The molecule has 0 atom stereocenters. The van der Waals surface area contributed by atoms with Gasteiger partial charge in [0.15, 0.2) is 0 Å². The molecule has 17 heavy (non-hydrogen) atoms. The predicted molar refractivity (Wildman–Crippen MR) is 69.9 cm³/mol. The van der Waals surface area contributed by atoms with Gasteiger partial charge in [-0.1, -0.05) is 42.5 Å². The Balaban J connectivity index is 2.00. The summed E-state index contributed by atoms with van der Waals surface area (Å²) >= 11 is 0. The number of benzene rings is 2. The molecule has 0 N–H and O–H groups in total. The molecule has 2 heteroatoms. The molecule has 0 aliphatic carbocycles. The maximum atomic E-state index is 5.18. The fraction of sp³-hybridized carbons (Fsp3) is 0. The maximum absolute atomic E-state index is 5.18. The molecule has 1 heterocycles. The van der Waals surface area contributed by atoms with Crippen molar-refractivity contribution >= 4 is 22.7 Å². The normalized spacial score (nSPS) is 11.3. The van der Waals surface area contributed by atoms with Crippen LogP contribution < -0.4 is 0 Å². The third-order valence-electron chi connectivity index (χ3n) is 2.65. The lowest BCUT2D eigenvalue weighted by atomic mass is 10.2. The highest BCUT2D eigenvalue weighted by Gasteiger charge is 2.00. The monoisotopic (exact) mass is 221 g/mol. The minimum atomic E-state index is 0.931. The molecule has 0 unspecified atom stereocenters. The highest BCUT2D eigenvalue weighted by atomic mass is 16.3. The van der Waals surface area contributed by atoms with Gasteiger partial charge in [0.05, 0.1) is 12.0 Å². The van der Waals surface area contributed by atoms with Crippen molar-refractivity contribution in [1.29, 1.82) is 0 Å². The van der Waals surface area contributed by atoms with Crippen molar-refractivity contribution in [2.75, 3.05) is 0 Å². The van der Waals surface area contributed by atoms with Gasteiger partial charge in [-0.05, 0) is 11.6 Å². The van der Waals surface area contributed by atoms with E-state index in [0.29, 0.717) is 0 Å². The lowest BCUT2D eigenvalue weighted by molar-refractivity contribution is 0.572. The molecule has 0 radical (unpaired) electrons. The topological polar surface area (TPSA) is 25.5 Å². The van der Waals surface area contributed by atoms with Gasteiger partial charge in [-0.3, -0.25) is 4.99 Å². The number of aliphatic imine (C=N–C) groups is 1. The SMILES string of the molecule is C(=N\c1cccc2cocc12)/c1ccccc1. The molecule has 3 aromatic rings. The summed E-state index contributed by atoms with van der Waals surface area (Å²) in [6, 6.07) is 16.0. The number of nitrogens with zero attached hydrogens (tertiary/aromatic N) is 1. The Morgan fingerprint density at radius 2 is 1.76 bits per heavy atom. The van der Waals surface area contributed by atoms with Crippen LogP contribution in [0.4, 0.5) is 5.69 Å². The smallest absolute Gasteiger partial charge is 0.100 e. The van der Waals surface area contributed by atoms with E-state index >= 15 is 0 Å². The van der Waals surface area contributed by atoms with E-state index in [2.05, 4.69) is 4.99 Å². The highest BCUT2D eigenvalue weighted by molar-refractivity contribution is 5.94. The zero-order chi connectivity index (χ0) is 11.5. The molecule has 0 amide bonds. The molecule has 3 rings (SSSR count). The first-order chi connectivity index (χ1) is 8.43. The second-order valence-electron chi connectivity index (χ2n) is 3.82. The van der Waals surface area contributed by atoms with Crippen molar-refractivity contribution in [2.24, 2.45) is 4.99 Å². The third kappa shape index (κ3) is 1.97. The number of rotatable bonds is 2. The molecule has 1 aromatic heterocycles. The van der Waals surface area contributed by atoms with Crippen LogP contribution in [-0.4, -0.2) is 6.21 Å². The molecule has 2 aromatic carbocycles. The Morgan fingerprint density at radius 3 is 2.65 bits per heavy atom. The quantitative estimate of drug-likeness (QED) is 0.596. The van der Waals surface area contributed by atoms with E-state index in [9.17, 15) is 0 Å². The number of hydrogen-bond acceptors (Lipinski definition) is 2. The lowest BCUT2D eigenvalue weighted by Crippen LogP contribution is -1.78. The highest BCUT2D eigenvalue weighted by Crippen LogP contribution is 2.26. The second kappa shape index (κ2) is 4.26. The summed E-state index contributed by atoms with van der Waals surface area (Å²) in [5, 5.41) is 2.12. The Hall–Kier alpha value is -2.35. The molecule has 0 fully saturated rings. The van der Waals surface area contributed by atoms with Gasteiger partial charge in [-0.15, -0.1) is 0 Å². The standard InChI is InChI=1S/C15H11NO/c1-2-5-12(6-3-1)9-16-15-8-4-7-13-10-17-11-14(13)15/h1-11H/b16-9+. The average molecular weight is 221 g/mol. The third-order valence-corrected chi connectivity index (χ3v) is 2.65. The van der Waals surface area contributed by atoms with Gasteiger partial charge in [0, 0.05) is 17.0 Å². The Morgan fingerprint density at radius 1 is 0.882 bits per heavy atom. The first-order valence-electron chi connectivity index (χ1n) is 5.47. The van der Waals surface area contributed by atoms with Crippen LogP contribution >= 0.6 is 0 Å². The van der Waals surface area contributed by atoms with E-state index in [4.69, 9.17) is 4.42 Å². The van der Waals surface area contributed by atoms with Crippen LogP contribution in [0.2, 0.25) is 0 Å². The molecule has 2 nitrogen and oxygen atoms in total. The fourth-order valence-electron chi connectivity index (χ4n) is 1.77. The van der Waals surface area contributed by atoms with Crippen LogP contribution in [0.3, 0.4) is 0 Å². The van der Waals surface area contributed by atoms with E-state index in [1.165, 1.54) is 0 Å². The van der Waals surface area contributed by atoms with Gasteiger partial charge >= 0.3 is 0 Å². The van der Waals surface area contributed by atoms with Gasteiger partial charge in [0.2, 0.25) is 0 Å². The molecule has 0 aliphatic rings. The van der Waals surface area contributed by atoms with Crippen LogP contribution in [-0.2, 0) is 0 Å². The van der Waals surface area contributed by atoms with Crippen molar-refractivity contribution in [2.45, 2.75) is 0 Å². The molecule has 82 valence electrons. The number of fused-ring (bicyclic) bond motifs is 1. The van der Waals surface area contributed by atoms with E-state index in [0.717, 1.165) is 22.0 Å². The molecule has 0 spiro atoms. The van der Waals surface area contributed by atoms with E-state index in [-0.39, 0.29) is 0 Å². The zero-order valence-electron chi connectivity index (χ0n) is 9.21. The zero-order valence-corrected chi connectivity index (χ0v) is 9.21. The molecule has 0 saturated carbocycles. The minimum absolute atomic E-state index is 0.931. The van der Waals surface area contributed by atoms with Gasteiger partial charge < -0.3 is 4.42 Å². The molecular weight excluding hydrogens is 210 g/mol. The van der Waals surface area contributed by atoms with E-state index in [1.54, 1.807) is 12.5 Å². The summed E-state index contributed by atoms with van der Waals surface area (Å²) in [4.78, 5) is 4.49. The Bertz CT molecular complexity index is 653. The Labute approximate surface area is 99.2 Å². The predicted octanol–water partition coefficient (Wildman–Crippen LogP) is 4.18. The molecule has 0 saturated heterocycles. The number of hydrogen-bond donors (Lipinski definition) is 0. The Kier molecular flexibility index (Phi) is 2.47. The summed E-state index contributed by atoms with van der Waals surface area (Å²) in [7, 11) is 0. The van der Waals surface area contributed by atoms with Gasteiger partial charge in [0.25, 0.3) is 0 Å². The minimum Gasteiger partial charge on any atom is -0.471 e. The van der Waals surface area contributed by atoms with Crippen molar-refractivity contribution in [3.05, 3.63) is 66.6 Å². The molecule has 0 bridgehead atoms. The lowest BCUT2D eigenvalue weighted by Gasteiger charge is -1.95. The summed E-state index contributed by atoms with van der Waals surface area (Å²) in [6.07, 6.45) is 5.33. The van der Waals surface area contributed by atoms with Crippen LogP contribution in [0.15, 0.2) is 70.5 Å². The molecule has 0 aliphatic heterocycles. The van der Waals surface area contributed by atoms with Crippen molar-refractivity contribution < 1.29 is 4.42 Å². The average Bonchev–Trinajstić information content (AvgIpc) is 2.86. The van der Waals surface area contributed by atoms with Crippen molar-refractivity contribution in [3.8, 4) is 0 Å². The molecular formula is C15H11NO. The summed E-state index contributed by atoms with van der Waals surface area (Å²) in [5.74, 6) is 0. The first kappa shape index (κ1) is 9.85. The van der Waals surface area contributed by atoms with Crippen molar-refractivity contribution in [3.63, 3.8) is 0 Å². The van der Waals surface area contributed by atoms with E-state index < -0.39 is 0 Å². The fourth-order valence-corrected chi connectivity index (χ4v) is 1.77. The largest absolute Gasteiger partial charge is 0.471 e. The maximum Gasteiger partial charge on any atom is 0.100 e. The van der Waals surface area contributed by atoms with Gasteiger partial charge in [-0.2, -0.15) is 0 Å². The van der Waals surface area contributed by atoms with Crippen LogP contribution in [0.5, 0.6) is 0 Å². The summed E-state index contributed by atoms with van der Waals surface area (Å²) < 4.78 is 5.18. The van der Waals surface area contributed by atoms with Crippen LogP contribution in [0.25, 0.3) is 10.8 Å². The van der Waals surface area contributed by atoms with Crippen LogP contribution in [0, 0.1) is 0 Å². The second-order valence-corrected chi connectivity index (χ2v) is 3.82.